The Morgan fingerprint density at radius 1 is 1.47 bits per heavy atom. The van der Waals surface area contributed by atoms with E-state index in [9.17, 15) is 9.90 Å². The van der Waals surface area contributed by atoms with Crippen LogP contribution < -0.4 is 5.32 Å². The van der Waals surface area contributed by atoms with Gasteiger partial charge in [0.05, 0.1) is 5.60 Å². The Morgan fingerprint density at radius 3 is 2.79 bits per heavy atom. The molecule has 0 bridgehead atoms. The average molecular weight is 328 g/mol. The normalized spacial score (nSPS) is 18.1. The number of aryl methyl sites for hydroxylation is 1. The molecule has 2 rings (SSSR count). The molecular weight excluding hydrogens is 310 g/mol. The third kappa shape index (κ3) is 3.78. The number of halogens is 1. The number of ether oxygens (including phenoxy) is 1. The second-order valence-corrected chi connectivity index (χ2v) is 5.84. The molecule has 0 spiro atoms. The van der Waals surface area contributed by atoms with Crippen LogP contribution in [0, 0.1) is 6.92 Å². The smallest absolute Gasteiger partial charge is 0.251 e. The number of aliphatic hydroxyl groups is 1. The molecule has 0 aliphatic carbocycles. The molecule has 0 unspecified atom stereocenters. The van der Waals surface area contributed by atoms with Crippen molar-refractivity contribution in [1.82, 2.24) is 5.32 Å². The summed E-state index contributed by atoms with van der Waals surface area (Å²) >= 11 is 3.40. The number of carbonyl (C=O) groups excluding carboxylic acids is 1. The van der Waals surface area contributed by atoms with Crippen LogP contribution in [0.5, 0.6) is 0 Å². The van der Waals surface area contributed by atoms with Crippen LogP contribution >= 0.6 is 15.9 Å². The minimum Gasteiger partial charge on any atom is -0.388 e. The molecule has 104 valence electrons. The monoisotopic (exact) mass is 327 g/mol. The quantitative estimate of drug-likeness (QED) is 0.893. The van der Waals surface area contributed by atoms with Crippen LogP contribution in [0.25, 0.3) is 0 Å². The van der Waals surface area contributed by atoms with Gasteiger partial charge in [-0.15, -0.1) is 0 Å². The lowest BCUT2D eigenvalue weighted by Crippen LogP contribution is -2.46. The summed E-state index contributed by atoms with van der Waals surface area (Å²) in [7, 11) is 0. The first-order valence-corrected chi connectivity index (χ1v) is 7.14. The number of carbonyl (C=O) groups is 1. The van der Waals surface area contributed by atoms with Crippen molar-refractivity contribution in [2.24, 2.45) is 0 Å². The molecule has 4 nitrogen and oxygen atoms in total. The lowest BCUT2D eigenvalue weighted by atomic mass is 9.94. The maximum Gasteiger partial charge on any atom is 0.251 e. The van der Waals surface area contributed by atoms with Crippen molar-refractivity contribution >= 4 is 21.8 Å². The summed E-state index contributed by atoms with van der Waals surface area (Å²) in [5.41, 5.74) is 0.784. The summed E-state index contributed by atoms with van der Waals surface area (Å²) in [6, 6.07) is 5.45. The van der Waals surface area contributed by atoms with Crippen LogP contribution in [0.3, 0.4) is 0 Å². The Balaban J connectivity index is 1.95. The lowest BCUT2D eigenvalue weighted by molar-refractivity contribution is -0.0605. The van der Waals surface area contributed by atoms with Gasteiger partial charge in [-0.1, -0.05) is 15.9 Å². The van der Waals surface area contributed by atoms with Crippen molar-refractivity contribution in [3.63, 3.8) is 0 Å². The van der Waals surface area contributed by atoms with Gasteiger partial charge in [0, 0.05) is 42.6 Å². The van der Waals surface area contributed by atoms with Gasteiger partial charge in [-0.25, -0.2) is 0 Å². The first kappa shape index (κ1) is 14.5. The highest BCUT2D eigenvalue weighted by molar-refractivity contribution is 9.10. The molecular formula is C14H18BrNO3. The topological polar surface area (TPSA) is 58.6 Å². The first-order valence-electron chi connectivity index (χ1n) is 6.35. The third-order valence-electron chi connectivity index (χ3n) is 3.42. The molecule has 1 aliphatic heterocycles. The number of hydrogen-bond acceptors (Lipinski definition) is 3. The van der Waals surface area contributed by atoms with Gasteiger partial charge in [-0.3, -0.25) is 4.79 Å². The van der Waals surface area contributed by atoms with E-state index >= 15 is 0 Å². The zero-order valence-corrected chi connectivity index (χ0v) is 12.5. The molecule has 1 heterocycles. The number of hydrogen-bond donors (Lipinski definition) is 2. The van der Waals surface area contributed by atoms with Crippen LogP contribution in [0.15, 0.2) is 22.7 Å². The van der Waals surface area contributed by atoms with Crippen molar-refractivity contribution < 1.29 is 14.6 Å². The molecule has 5 heteroatoms. The van der Waals surface area contributed by atoms with Crippen molar-refractivity contribution in [1.29, 1.82) is 0 Å². The van der Waals surface area contributed by atoms with Crippen LogP contribution in [0.4, 0.5) is 0 Å². The Kier molecular flexibility index (Phi) is 4.60. The zero-order chi connectivity index (χ0) is 13.9. The number of benzene rings is 1. The molecule has 0 saturated carbocycles. The van der Waals surface area contributed by atoms with Crippen LogP contribution in [-0.4, -0.2) is 36.4 Å². The van der Waals surface area contributed by atoms with Crippen molar-refractivity contribution in [2.75, 3.05) is 19.8 Å². The highest BCUT2D eigenvalue weighted by atomic mass is 79.9. The predicted molar refractivity (Wildman–Crippen MR) is 76.2 cm³/mol. The van der Waals surface area contributed by atoms with E-state index < -0.39 is 5.60 Å². The van der Waals surface area contributed by atoms with E-state index in [2.05, 4.69) is 21.2 Å². The van der Waals surface area contributed by atoms with Crippen LogP contribution in [0.2, 0.25) is 0 Å². The number of rotatable bonds is 3. The highest BCUT2D eigenvalue weighted by Crippen LogP contribution is 2.20. The second-order valence-electron chi connectivity index (χ2n) is 4.98. The van der Waals surface area contributed by atoms with Gasteiger partial charge in [0.1, 0.15) is 0 Å². The Hall–Kier alpha value is -0.910. The number of amides is 1. The molecule has 0 aromatic heterocycles. The SMILES string of the molecule is Cc1cc(C(=O)NCC2(O)CCOCC2)ccc1Br. The molecule has 1 aromatic rings. The maximum absolute atomic E-state index is 12.0. The summed E-state index contributed by atoms with van der Waals surface area (Å²) in [5.74, 6) is -0.157. The van der Waals surface area contributed by atoms with E-state index in [1.807, 2.05) is 19.1 Å². The van der Waals surface area contributed by atoms with Gasteiger partial charge in [0.15, 0.2) is 0 Å². The van der Waals surface area contributed by atoms with E-state index in [1.165, 1.54) is 0 Å². The molecule has 1 aromatic carbocycles. The Bertz CT molecular complexity index is 470. The summed E-state index contributed by atoms with van der Waals surface area (Å²) in [5, 5.41) is 13.1. The summed E-state index contributed by atoms with van der Waals surface area (Å²) in [6.07, 6.45) is 1.12. The van der Waals surface area contributed by atoms with E-state index in [0.717, 1.165) is 10.0 Å². The molecule has 0 atom stereocenters. The van der Waals surface area contributed by atoms with Gasteiger partial charge in [-0.05, 0) is 30.7 Å². The molecule has 0 radical (unpaired) electrons. The Labute approximate surface area is 121 Å². The van der Waals surface area contributed by atoms with E-state index in [4.69, 9.17) is 4.74 Å². The number of nitrogens with one attached hydrogen (secondary N) is 1. The molecule has 1 saturated heterocycles. The van der Waals surface area contributed by atoms with Crippen LogP contribution in [0.1, 0.15) is 28.8 Å². The molecule has 19 heavy (non-hydrogen) atoms. The van der Waals surface area contributed by atoms with Crippen molar-refractivity contribution in [3.8, 4) is 0 Å². The van der Waals surface area contributed by atoms with Gasteiger partial charge < -0.3 is 15.2 Å². The van der Waals surface area contributed by atoms with Gasteiger partial charge >= 0.3 is 0 Å². The Morgan fingerprint density at radius 2 is 2.16 bits per heavy atom. The lowest BCUT2D eigenvalue weighted by Gasteiger charge is -2.32. The summed E-state index contributed by atoms with van der Waals surface area (Å²) in [6.45, 7) is 3.30. The molecule has 2 N–H and O–H groups in total. The largest absolute Gasteiger partial charge is 0.388 e. The highest BCUT2D eigenvalue weighted by Gasteiger charge is 2.30. The molecule has 1 amide bonds. The van der Waals surface area contributed by atoms with Crippen molar-refractivity contribution in [2.45, 2.75) is 25.4 Å². The molecule has 1 fully saturated rings. The fraction of sp³-hybridized carbons (Fsp3) is 0.500. The molecule has 1 aliphatic rings. The van der Waals surface area contributed by atoms with Crippen molar-refractivity contribution in [3.05, 3.63) is 33.8 Å². The van der Waals surface area contributed by atoms with E-state index in [-0.39, 0.29) is 12.5 Å². The summed E-state index contributed by atoms with van der Waals surface area (Å²) < 4.78 is 6.19. The van der Waals surface area contributed by atoms with E-state index in [1.54, 1.807) is 6.07 Å². The standard InChI is InChI=1S/C14H18BrNO3/c1-10-8-11(2-3-12(10)15)13(17)16-9-14(18)4-6-19-7-5-14/h2-3,8,18H,4-7,9H2,1H3,(H,16,17). The fourth-order valence-electron chi connectivity index (χ4n) is 2.06. The zero-order valence-electron chi connectivity index (χ0n) is 10.9. The fourth-order valence-corrected chi connectivity index (χ4v) is 2.31. The summed E-state index contributed by atoms with van der Waals surface area (Å²) in [4.78, 5) is 12.0. The minimum atomic E-state index is -0.835. The van der Waals surface area contributed by atoms with Crippen LogP contribution in [-0.2, 0) is 4.74 Å². The predicted octanol–water partition coefficient (Wildman–Crippen LogP) is 2.03. The maximum atomic E-state index is 12.0. The third-order valence-corrected chi connectivity index (χ3v) is 4.31. The first-order chi connectivity index (χ1) is 9.00. The minimum absolute atomic E-state index is 0.157. The average Bonchev–Trinajstić information content (AvgIpc) is 2.40. The van der Waals surface area contributed by atoms with Gasteiger partial charge in [0.2, 0.25) is 0 Å². The second kappa shape index (κ2) is 6.03. The van der Waals surface area contributed by atoms with Gasteiger partial charge in [0.25, 0.3) is 5.91 Å². The van der Waals surface area contributed by atoms with E-state index in [0.29, 0.717) is 31.6 Å². The van der Waals surface area contributed by atoms with Gasteiger partial charge in [-0.2, -0.15) is 0 Å².